The minimum absolute atomic E-state index is 0.372. The highest BCUT2D eigenvalue weighted by molar-refractivity contribution is 5.74. The second-order valence-corrected chi connectivity index (χ2v) is 3.21. The largest absolute Gasteiger partial charge is 0.402 e. The molecule has 0 aliphatic carbocycles. The molecule has 1 rings (SSSR count). The van der Waals surface area contributed by atoms with Gasteiger partial charge in [0.15, 0.2) is 5.82 Å². The van der Waals surface area contributed by atoms with Gasteiger partial charge in [0.1, 0.15) is 5.82 Å². The Bertz CT molecular complexity index is 370. The van der Waals surface area contributed by atoms with Gasteiger partial charge < -0.3 is 11.1 Å². The maximum absolute atomic E-state index is 12.5. The Kier molecular flexibility index (Phi) is 5.15. The molecule has 0 saturated carbocycles. The van der Waals surface area contributed by atoms with Crippen LogP contribution in [-0.2, 0) is 0 Å². The summed E-state index contributed by atoms with van der Waals surface area (Å²) in [7, 11) is 1.86. The van der Waals surface area contributed by atoms with Crippen molar-refractivity contribution >= 4 is 12.0 Å². The molecule has 0 aromatic carbocycles. The number of hydrogen-bond acceptors (Lipinski definition) is 4. The number of pyridine rings is 1. The van der Waals surface area contributed by atoms with Gasteiger partial charge in [0.05, 0.1) is 6.20 Å². The number of nitrogens with zero attached hydrogens (tertiary/aromatic N) is 2. The van der Waals surface area contributed by atoms with Crippen molar-refractivity contribution in [1.29, 1.82) is 0 Å². The summed E-state index contributed by atoms with van der Waals surface area (Å²) in [4.78, 5) is 7.80. The van der Waals surface area contributed by atoms with Gasteiger partial charge in [0.2, 0.25) is 0 Å². The summed E-state index contributed by atoms with van der Waals surface area (Å²) in [6.45, 7) is 0.824. The number of allylic oxidation sites excluding steroid dienone is 1. The summed E-state index contributed by atoms with van der Waals surface area (Å²) in [5.74, 6) is 0.0853. The molecule has 4 nitrogen and oxygen atoms in total. The molecule has 1 aromatic heterocycles. The number of halogens is 1. The molecule has 0 amide bonds. The van der Waals surface area contributed by atoms with Crippen molar-refractivity contribution in [1.82, 2.24) is 10.3 Å². The van der Waals surface area contributed by atoms with Crippen LogP contribution < -0.4 is 11.1 Å². The van der Waals surface area contributed by atoms with E-state index in [0.29, 0.717) is 5.82 Å². The van der Waals surface area contributed by atoms with Crippen molar-refractivity contribution in [2.75, 3.05) is 13.6 Å². The van der Waals surface area contributed by atoms with Gasteiger partial charge in [-0.3, -0.25) is 0 Å². The summed E-state index contributed by atoms with van der Waals surface area (Å²) in [6, 6.07) is 2.82. The number of aromatic nitrogens is 1. The van der Waals surface area contributed by atoms with Crippen LogP contribution >= 0.6 is 0 Å². The van der Waals surface area contributed by atoms with Crippen LogP contribution in [0.3, 0.4) is 0 Å². The SMILES string of the molecule is CNCCC(N)=CC=Nc1ccc(F)cn1. The Morgan fingerprint density at radius 3 is 3.06 bits per heavy atom. The number of nitrogens with one attached hydrogen (secondary N) is 1. The molecule has 86 valence electrons. The van der Waals surface area contributed by atoms with Gasteiger partial charge in [-0.05, 0) is 31.7 Å². The predicted octanol–water partition coefficient (Wildman–Crippen LogP) is 1.38. The molecule has 0 unspecified atom stereocenters. The van der Waals surface area contributed by atoms with E-state index in [4.69, 9.17) is 5.73 Å². The molecule has 0 aliphatic rings. The van der Waals surface area contributed by atoms with E-state index < -0.39 is 0 Å². The zero-order valence-corrected chi connectivity index (χ0v) is 9.15. The van der Waals surface area contributed by atoms with Crippen molar-refractivity contribution in [2.24, 2.45) is 10.7 Å². The molecule has 0 radical (unpaired) electrons. The lowest BCUT2D eigenvalue weighted by atomic mass is 10.3. The molecule has 16 heavy (non-hydrogen) atoms. The second-order valence-electron chi connectivity index (χ2n) is 3.21. The highest BCUT2D eigenvalue weighted by atomic mass is 19.1. The Hall–Kier alpha value is -1.75. The van der Waals surface area contributed by atoms with E-state index in [-0.39, 0.29) is 5.82 Å². The van der Waals surface area contributed by atoms with Gasteiger partial charge in [-0.1, -0.05) is 0 Å². The summed E-state index contributed by atoms with van der Waals surface area (Å²) >= 11 is 0. The maximum atomic E-state index is 12.5. The van der Waals surface area contributed by atoms with E-state index >= 15 is 0 Å². The van der Waals surface area contributed by atoms with Crippen LogP contribution in [0.2, 0.25) is 0 Å². The molecule has 1 aromatic rings. The van der Waals surface area contributed by atoms with Crippen molar-refractivity contribution in [3.63, 3.8) is 0 Å². The molecule has 0 bridgehead atoms. The van der Waals surface area contributed by atoms with Crippen molar-refractivity contribution in [2.45, 2.75) is 6.42 Å². The van der Waals surface area contributed by atoms with E-state index in [0.717, 1.165) is 24.9 Å². The van der Waals surface area contributed by atoms with Crippen LogP contribution in [0.25, 0.3) is 0 Å². The highest BCUT2D eigenvalue weighted by Crippen LogP contribution is 2.06. The average molecular weight is 222 g/mol. The molecule has 0 fully saturated rings. The van der Waals surface area contributed by atoms with Gasteiger partial charge in [-0.25, -0.2) is 14.4 Å². The van der Waals surface area contributed by atoms with Crippen LogP contribution in [0.1, 0.15) is 6.42 Å². The minimum Gasteiger partial charge on any atom is -0.402 e. The van der Waals surface area contributed by atoms with Gasteiger partial charge in [-0.2, -0.15) is 0 Å². The van der Waals surface area contributed by atoms with Gasteiger partial charge in [0, 0.05) is 18.5 Å². The summed E-state index contributed by atoms with van der Waals surface area (Å²) in [6.07, 6.45) is 5.16. The van der Waals surface area contributed by atoms with Crippen LogP contribution in [0.5, 0.6) is 0 Å². The Morgan fingerprint density at radius 1 is 1.62 bits per heavy atom. The van der Waals surface area contributed by atoms with E-state index in [1.165, 1.54) is 12.1 Å². The fourth-order valence-electron chi connectivity index (χ4n) is 1.01. The van der Waals surface area contributed by atoms with Gasteiger partial charge >= 0.3 is 0 Å². The standard InChI is InChI=1S/C11H15FN4/c1-14-6-4-10(13)5-7-15-11-3-2-9(12)8-16-11/h2-3,5,7-8,14H,4,6,13H2,1H3. The Morgan fingerprint density at radius 2 is 2.44 bits per heavy atom. The lowest BCUT2D eigenvalue weighted by Crippen LogP contribution is -2.11. The lowest BCUT2D eigenvalue weighted by molar-refractivity contribution is 0.621. The van der Waals surface area contributed by atoms with E-state index in [2.05, 4.69) is 15.3 Å². The quantitative estimate of drug-likeness (QED) is 0.740. The first kappa shape index (κ1) is 12.3. The number of rotatable bonds is 5. The minimum atomic E-state index is -0.372. The number of nitrogens with two attached hydrogens (primary N) is 1. The summed E-state index contributed by atoms with van der Waals surface area (Å²) < 4.78 is 12.5. The first-order chi connectivity index (χ1) is 7.72. The zero-order valence-electron chi connectivity index (χ0n) is 9.15. The molecule has 5 heteroatoms. The lowest BCUT2D eigenvalue weighted by Gasteiger charge is -1.97. The molecule has 0 saturated heterocycles. The van der Waals surface area contributed by atoms with Crippen molar-refractivity contribution in [3.8, 4) is 0 Å². The molecular weight excluding hydrogens is 207 g/mol. The first-order valence-corrected chi connectivity index (χ1v) is 4.97. The number of hydrogen-bond donors (Lipinski definition) is 2. The Balaban J connectivity index is 2.50. The highest BCUT2D eigenvalue weighted by Gasteiger charge is 1.90. The van der Waals surface area contributed by atoms with E-state index in [1.54, 1.807) is 12.3 Å². The smallest absolute Gasteiger partial charge is 0.151 e. The third kappa shape index (κ3) is 4.65. The Labute approximate surface area is 94.1 Å². The summed E-state index contributed by atoms with van der Waals surface area (Å²) in [5, 5.41) is 2.99. The molecule has 0 aliphatic heterocycles. The summed E-state index contributed by atoms with van der Waals surface area (Å²) in [5.41, 5.74) is 6.43. The van der Waals surface area contributed by atoms with Crippen LogP contribution in [0.4, 0.5) is 10.2 Å². The maximum Gasteiger partial charge on any atom is 0.151 e. The van der Waals surface area contributed by atoms with E-state index in [9.17, 15) is 4.39 Å². The predicted molar refractivity (Wildman–Crippen MR) is 63.2 cm³/mol. The van der Waals surface area contributed by atoms with Crippen LogP contribution in [0, 0.1) is 5.82 Å². The first-order valence-electron chi connectivity index (χ1n) is 4.97. The van der Waals surface area contributed by atoms with E-state index in [1.807, 2.05) is 7.05 Å². The molecule has 0 spiro atoms. The molecule has 0 atom stereocenters. The topological polar surface area (TPSA) is 63.3 Å². The molecule has 3 N–H and O–H groups in total. The molecular formula is C11H15FN4. The normalized spacial score (nSPS) is 12.2. The van der Waals surface area contributed by atoms with Crippen LogP contribution in [0.15, 0.2) is 35.1 Å². The van der Waals surface area contributed by atoms with Gasteiger partial charge in [0.25, 0.3) is 0 Å². The third-order valence-electron chi connectivity index (χ3n) is 1.87. The monoisotopic (exact) mass is 222 g/mol. The zero-order chi connectivity index (χ0) is 11.8. The third-order valence-corrected chi connectivity index (χ3v) is 1.87. The molecule has 1 heterocycles. The van der Waals surface area contributed by atoms with Gasteiger partial charge in [-0.15, -0.1) is 0 Å². The fourth-order valence-corrected chi connectivity index (χ4v) is 1.01. The second kappa shape index (κ2) is 6.68. The van der Waals surface area contributed by atoms with Crippen molar-refractivity contribution < 1.29 is 4.39 Å². The fraction of sp³-hybridized carbons (Fsp3) is 0.273. The number of aliphatic imine (C=N–C) groups is 1. The average Bonchev–Trinajstić information content (AvgIpc) is 2.29. The van der Waals surface area contributed by atoms with Crippen molar-refractivity contribution in [3.05, 3.63) is 35.9 Å². The van der Waals surface area contributed by atoms with Crippen LogP contribution in [-0.4, -0.2) is 24.8 Å².